The molecule has 3 rings (SSSR count). The average Bonchev–Trinajstić information content (AvgIpc) is 3.25. The van der Waals surface area contributed by atoms with Crippen LogP contribution in [0.3, 0.4) is 0 Å². The van der Waals surface area contributed by atoms with Crippen molar-refractivity contribution in [1.29, 1.82) is 0 Å². The minimum Gasteiger partial charge on any atom is -0.380 e. The molecule has 2 fully saturated rings. The molecule has 1 atom stereocenters. The number of carbonyl (C=O) groups is 1. The molecular weight excluding hydrogens is 268 g/mol. The molecule has 1 aromatic heterocycles. The molecule has 6 nitrogen and oxygen atoms in total. The minimum atomic E-state index is -0.00458. The fourth-order valence-corrected chi connectivity index (χ4v) is 2.89. The van der Waals surface area contributed by atoms with Crippen LogP contribution >= 0.6 is 0 Å². The van der Waals surface area contributed by atoms with Gasteiger partial charge in [-0.3, -0.25) is 9.89 Å². The van der Waals surface area contributed by atoms with E-state index in [1.807, 2.05) is 6.92 Å². The largest absolute Gasteiger partial charge is 0.380 e. The van der Waals surface area contributed by atoms with Gasteiger partial charge in [0.2, 0.25) is 0 Å². The summed E-state index contributed by atoms with van der Waals surface area (Å²) in [5.41, 5.74) is 2.56. The molecular formula is C15H24N4O2. The monoisotopic (exact) mass is 292 g/mol. The Morgan fingerprint density at radius 1 is 1.52 bits per heavy atom. The molecule has 21 heavy (non-hydrogen) atoms. The van der Waals surface area contributed by atoms with Crippen LogP contribution in [0, 0.1) is 12.8 Å². The molecule has 116 valence electrons. The molecule has 1 saturated heterocycles. The zero-order valence-corrected chi connectivity index (χ0v) is 12.8. The Balaban J connectivity index is 1.60. The summed E-state index contributed by atoms with van der Waals surface area (Å²) in [7, 11) is 2.09. The van der Waals surface area contributed by atoms with Crippen molar-refractivity contribution in [2.75, 3.05) is 39.9 Å². The SMILES string of the molecule is Cc1[nH]nc(C2CC2)c1C(=O)NC[C@@H]1COCCN(C)C1. The van der Waals surface area contributed by atoms with E-state index in [2.05, 4.69) is 27.5 Å². The number of aromatic amines is 1. The molecule has 6 heteroatoms. The fourth-order valence-electron chi connectivity index (χ4n) is 2.89. The van der Waals surface area contributed by atoms with Crippen molar-refractivity contribution in [3.8, 4) is 0 Å². The van der Waals surface area contributed by atoms with Gasteiger partial charge < -0.3 is 15.0 Å². The zero-order chi connectivity index (χ0) is 14.8. The van der Waals surface area contributed by atoms with Crippen LogP contribution in [0.4, 0.5) is 0 Å². The van der Waals surface area contributed by atoms with Gasteiger partial charge in [0.1, 0.15) is 0 Å². The number of nitrogens with zero attached hydrogens (tertiary/aromatic N) is 2. The van der Waals surface area contributed by atoms with Gasteiger partial charge in [-0.1, -0.05) is 0 Å². The highest BCUT2D eigenvalue weighted by Gasteiger charge is 2.32. The number of carbonyl (C=O) groups excluding carboxylic acids is 1. The van der Waals surface area contributed by atoms with E-state index >= 15 is 0 Å². The lowest BCUT2D eigenvalue weighted by atomic mass is 10.1. The smallest absolute Gasteiger partial charge is 0.255 e. The van der Waals surface area contributed by atoms with E-state index in [9.17, 15) is 4.79 Å². The summed E-state index contributed by atoms with van der Waals surface area (Å²) in [6.45, 7) is 5.96. The van der Waals surface area contributed by atoms with E-state index in [0.29, 0.717) is 25.0 Å². The van der Waals surface area contributed by atoms with Crippen molar-refractivity contribution in [2.45, 2.75) is 25.7 Å². The molecule has 2 aliphatic rings. The van der Waals surface area contributed by atoms with Crippen LogP contribution in [0.15, 0.2) is 0 Å². The van der Waals surface area contributed by atoms with Crippen molar-refractivity contribution in [1.82, 2.24) is 20.4 Å². The summed E-state index contributed by atoms with van der Waals surface area (Å²) in [4.78, 5) is 14.7. The Kier molecular flexibility index (Phi) is 4.26. The summed E-state index contributed by atoms with van der Waals surface area (Å²) in [5.74, 6) is 0.816. The molecule has 1 aliphatic carbocycles. The van der Waals surface area contributed by atoms with E-state index in [1.165, 1.54) is 0 Å². The first kappa shape index (κ1) is 14.5. The molecule has 1 amide bonds. The quantitative estimate of drug-likeness (QED) is 0.865. The third-order valence-corrected chi connectivity index (χ3v) is 4.26. The van der Waals surface area contributed by atoms with Crippen molar-refractivity contribution < 1.29 is 9.53 Å². The van der Waals surface area contributed by atoms with E-state index in [-0.39, 0.29) is 5.91 Å². The first-order valence-corrected chi connectivity index (χ1v) is 7.74. The zero-order valence-electron chi connectivity index (χ0n) is 12.8. The molecule has 2 N–H and O–H groups in total. The molecule has 0 unspecified atom stereocenters. The highest BCUT2D eigenvalue weighted by atomic mass is 16.5. The number of aryl methyl sites for hydroxylation is 1. The van der Waals surface area contributed by atoms with Gasteiger partial charge in [0.25, 0.3) is 5.91 Å². The van der Waals surface area contributed by atoms with Crippen LogP contribution in [-0.4, -0.2) is 60.9 Å². The maximum absolute atomic E-state index is 12.5. The number of hydrogen-bond donors (Lipinski definition) is 2. The summed E-state index contributed by atoms with van der Waals surface area (Å²) < 4.78 is 5.58. The van der Waals surface area contributed by atoms with Gasteiger partial charge in [-0.05, 0) is 26.8 Å². The number of H-pyrrole nitrogens is 1. The topological polar surface area (TPSA) is 70.2 Å². The number of ether oxygens (including phenoxy) is 1. The third kappa shape index (κ3) is 3.44. The van der Waals surface area contributed by atoms with E-state index in [4.69, 9.17) is 4.74 Å². The third-order valence-electron chi connectivity index (χ3n) is 4.26. The highest BCUT2D eigenvalue weighted by Crippen LogP contribution is 2.41. The molecule has 1 aromatic rings. The van der Waals surface area contributed by atoms with Gasteiger partial charge >= 0.3 is 0 Å². The number of aromatic nitrogens is 2. The second-order valence-corrected chi connectivity index (χ2v) is 6.30. The molecule has 0 bridgehead atoms. The van der Waals surface area contributed by atoms with Crippen LogP contribution in [0.5, 0.6) is 0 Å². The standard InChI is InChI=1S/C15H24N4O2/c1-10-13(14(18-17-10)12-3-4-12)15(20)16-7-11-8-19(2)5-6-21-9-11/h11-12H,3-9H2,1-2H3,(H,16,20)(H,17,18)/t11-/m0/s1. The Morgan fingerprint density at radius 2 is 2.33 bits per heavy atom. The van der Waals surface area contributed by atoms with E-state index in [1.54, 1.807) is 0 Å². The van der Waals surface area contributed by atoms with E-state index in [0.717, 1.165) is 49.5 Å². The van der Waals surface area contributed by atoms with Crippen molar-refractivity contribution in [3.05, 3.63) is 17.0 Å². The summed E-state index contributed by atoms with van der Waals surface area (Å²) in [5, 5.41) is 10.3. The van der Waals surface area contributed by atoms with Gasteiger partial charge in [-0.15, -0.1) is 0 Å². The Hall–Kier alpha value is -1.40. The fraction of sp³-hybridized carbons (Fsp3) is 0.733. The Bertz CT molecular complexity index is 510. The predicted octanol–water partition coefficient (Wildman–Crippen LogP) is 0.904. The maximum atomic E-state index is 12.5. The van der Waals surface area contributed by atoms with Gasteiger partial charge in [0.05, 0.1) is 24.5 Å². The Labute approximate surface area is 125 Å². The molecule has 1 saturated carbocycles. The first-order chi connectivity index (χ1) is 10.1. The number of hydrogen-bond acceptors (Lipinski definition) is 4. The maximum Gasteiger partial charge on any atom is 0.255 e. The van der Waals surface area contributed by atoms with Gasteiger partial charge in [0.15, 0.2) is 0 Å². The van der Waals surface area contributed by atoms with Crippen LogP contribution < -0.4 is 5.32 Å². The summed E-state index contributed by atoms with van der Waals surface area (Å²) in [6.07, 6.45) is 2.29. The Morgan fingerprint density at radius 3 is 3.10 bits per heavy atom. The van der Waals surface area contributed by atoms with Crippen molar-refractivity contribution >= 4 is 5.91 Å². The van der Waals surface area contributed by atoms with Crippen LogP contribution in [0.1, 0.15) is 40.5 Å². The first-order valence-electron chi connectivity index (χ1n) is 7.74. The highest BCUT2D eigenvalue weighted by molar-refractivity contribution is 5.96. The molecule has 2 heterocycles. The predicted molar refractivity (Wildman–Crippen MR) is 79.4 cm³/mol. The number of rotatable bonds is 4. The summed E-state index contributed by atoms with van der Waals surface area (Å²) >= 11 is 0. The minimum absolute atomic E-state index is 0.00458. The molecule has 0 spiro atoms. The second-order valence-electron chi connectivity index (χ2n) is 6.30. The molecule has 0 radical (unpaired) electrons. The number of nitrogens with one attached hydrogen (secondary N) is 2. The van der Waals surface area contributed by atoms with Gasteiger partial charge in [-0.25, -0.2) is 0 Å². The molecule has 0 aromatic carbocycles. The van der Waals surface area contributed by atoms with Gasteiger partial charge in [-0.2, -0.15) is 5.10 Å². The number of amides is 1. The second kappa shape index (κ2) is 6.15. The van der Waals surface area contributed by atoms with Crippen molar-refractivity contribution in [3.63, 3.8) is 0 Å². The lowest BCUT2D eigenvalue weighted by Gasteiger charge is -2.19. The average molecular weight is 292 g/mol. The lowest BCUT2D eigenvalue weighted by Crippen LogP contribution is -2.36. The lowest BCUT2D eigenvalue weighted by molar-refractivity contribution is 0.0920. The van der Waals surface area contributed by atoms with Crippen LogP contribution in [0.2, 0.25) is 0 Å². The summed E-state index contributed by atoms with van der Waals surface area (Å²) in [6, 6.07) is 0. The number of likely N-dealkylation sites (N-methyl/N-ethyl adjacent to an activating group) is 1. The van der Waals surface area contributed by atoms with Gasteiger partial charge in [0, 0.05) is 37.2 Å². The van der Waals surface area contributed by atoms with Crippen LogP contribution in [0.25, 0.3) is 0 Å². The van der Waals surface area contributed by atoms with E-state index < -0.39 is 0 Å². The van der Waals surface area contributed by atoms with Crippen molar-refractivity contribution in [2.24, 2.45) is 5.92 Å². The van der Waals surface area contributed by atoms with Crippen LogP contribution in [-0.2, 0) is 4.74 Å². The molecule has 1 aliphatic heterocycles. The normalized spacial score (nSPS) is 23.8.